The van der Waals surface area contributed by atoms with E-state index < -0.39 is 40.4 Å². The van der Waals surface area contributed by atoms with E-state index in [1.165, 1.54) is 0 Å². The van der Waals surface area contributed by atoms with Gasteiger partial charge in [0.15, 0.2) is 32.3 Å². The highest BCUT2D eigenvalue weighted by Gasteiger charge is 2.34. The first-order valence-corrected chi connectivity index (χ1v) is 24.3. The van der Waals surface area contributed by atoms with Gasteiger partial charge in [0.1, 0.15) is 0 Å². The lowest BCUT2D eigenvalue weighted by atomic mass is 9.97. The predicted octanol–water partition coefficient (Wildman–Crippen LogP) is 3.89. The van der Waals surface area contributed by atoms with Crippen LogP contribution in [-0.2, 0) is 23.3 Å². The van der Waals surface area contributed by atoms with Gasteiger partial charge in [0.25, 0.3) is 0 Å². The summed E-state index contributed by atoms with van der Waals surface area (Å²) in [5, 5.41) is 31.6. The quantitative estimate of drug-likeness (QED) is 0.0658. The van der Waals surface area contributed by atoms with Gasteiger partial charge in [-0.1, -0.05) is 26.0 Å². The molecule has 0 fully saturated rings. The lowest BCUT2D eigenvalue weighted by Crippen LogP contribution is -2.44. The number of carbonyl (C=O) groups excluding carboxylic acids is 2. The maximum absolute atomic E-state index is 13.0. The van der Waals surface area contributed by atoms with Crippen LogP contribution in [0.25, 0.3) is 0 Å². The number of carboxylic acid groups (broad SMARTS) is 2. The van der Waals surface area contributed by atoms with Crippen LogP contribution >= 0.6 is 0 Å². The van der Waals surface area contributed by atoms with Gasteiger partial charge < -0.3 is 35.6 Å². The monoisotopic (exact) mass is 722 g/mol. The molecule has 0 saturated heterocycles. The van der Waals surface area contributed by atoms with E-state index in [9.17, 15) is 29.4 Å². The minimum Gasteiger partial charge on any atom is -0.481 e. The minimum absolute atomic E-state index is 0.0678. The molecule has 6 N–H and O–H groups in total. The summed E-state index contributed by atoms with van der Waals surface area (Å²) in [6, 6.07) is 1.94. The van der Waals surface area contributed by atoms with Crippen molar-refractivity contribution in [3.63, 3.8) is 0 Å². The predicted molar refractivity (Wildman–Crippen MR) is 210 cm³/mol. The standard InChI is InChI=1S/C34H68B2N4O7Si2/c1-23(37-27(5)35)15-17-25(3)39-33(45)29(21-31(41)42)13-11-19-48(7,8)47-49(9,10)20-12-14-30(22-32(43)44)34(46)40-26(4)18-16-24(2)38-28(6)36/h23-26,29-30,37-38H,5-6,11-22,35-36H2,1-4,7-10H3,(H,39,45)(H,40,46)(H,41,42)(H,43,44). The van der Waals surface area contributed by atoms with Gasteiger partial charge in [-0.05, 0) is 116 Å². The summed E-state index contributed by atoms with van der Waals surface area (Å²) in [5.41, 5.74) is 1.80. The number of nitrogens with one attached hydrogen (secondary N) is 4. The lowest BCUT2D eigenvalue weighted by Gasteiger charge is -2.34. The van der Waals surface area contributed by atoms with E-state index in [4.69, 9.17) is 4.12 Å². The SMILES string of the molecule is BC(=C)NC(C)CCC(C)NC(=O)C(CCC[Si](C)(C)O[Si](C)(C)CCCC(CC(=O)O)C(=O)NC(C)CCC(C)NC(B)=C)CC(=O)O. The third-order valence-electron chi connectivity index (χ3n) is 8.63. The molecule has 0 saturated carbocycles. The zero-order chi connectivity index (χ0) is 37.9. The van der Waals surface area contributed by atoms with Gasteiger partial charge in [0.2, 0.25) is 11.8 Å². The van der Waals surface area contributed by atoms with Crippen LogP contribution < -0.4 is 21.3 Å². The third-order valence-corrected chi connectivity index (χ3v) is 16.2. The molecule has 6 atom stereocenters. The summed E-state index contributed by atoms with van der Waals surface area (Å²) < 4.78 is 6.78. The van der Waals surface area contributed by atoms with Crippen LogP contribution in [0.5, 0.6) is 0 Å². The summed E-state index contributed by atoms with van der Waals surface area (Å²) in [7, 11) is -0.464. The Bertz CT molecular complexity index is 1010. The molecule has 0 aromatic rings. The van der Waals surface area contributed by atoms with Gasteiger partial charge in [-0.25, -0.2) is 0 Å². The molecule has 15 heteroatoms. The van der Waals surface area contributed by atoms with E-state index in [0.717, 1.165) is 49.0 Å². The Morgan fingerprint density at radius 1 is 0.592 bits per heavy atom. The molecule has 0 aliphatic rings. The van der Waals surface area contributed by atoms with E-state index in [-0.39, 0.29) is 48.8 Å². The number of hydrogen-bond donors (Lipinski definition) is 6. The first-order chi connectivity index (χ1) is 22.5. The maximum Gasteiger partial charge on any atom is 0.304 e. The molecule has 6 unspecified atom stereocenters. The molecule has 11 nitrogen and oxygen atoms in total. The largest absolute Gasteiger partial charge is 0.481 e. The minimum atomic E-state index is -2.14. The van der Waals surface area contributed by atoms with Crippen molar-refractivity contribution in [2.75, 3.05) is 0 Å². The molecule has 2 amide bonds. The molecule has 0 heterocycles. The van der Waals surface area contributed by atoms with E-state index in [0.29, 0.717) is 25.7 Å². The van der Waals surface area contributed by atoms with Crippen LogP contribution in [0.2, 0.25) is 38.3 Å². The van der Waals surface area contributed by atoms with Gasteiger partial charge in [0.05, 0.1) is 12.8 Å². The molecule has 0 aliphatic carbocycles. The first kappa shape index (κ1) is 46.5. The van der Waals surface area contributed by atoms with Gasteiger partial charge in [-0.15, -0.1) is 0 Å². The van der Waals surface area contributed by atoms with Crippen molar-refractivity contribution < 1.29 is 33.5 Å². The second-order valence-electron chi connectivity index (χ2n) is 15.6. The number of carboxylic acids is 2. The van der Waals surface area contributed by atoms with Crippen molar-refractivity contribution in [3.8, 4) is 0 Å². The van der Waals surface area contributed by atoms with Crippen molar-refractivity contribution in [1.82, 2.24) is 21.3 Å². The molecule has 0 aliphatic heterocycles. The first-order valence-electron chi connectivity index (χ1n) is 18.1. The second kappa shape index (κ2) is 23.1. The van der Waals surface area contributed by atoms with E-state index in [1.807, 2.05) is 29.5 Å². The summed E-state index contributed by atoms with van der Waals surface area (Å²) in [6.07, 6.45) is 5.21. The Balaban J connectivity index is 4.99. The van der Waals surface area contributed by atoms with Crippen molar-refractivity contribution in [2.24, 2.45) is 11.8 Å². The number of amides is 2. The Hall–Kier alpha value is -2.52. The highest BCUT2D eigenvalue weighted by molar-refractivity contribution is 6.84. The summed E-state index contributed by atoms with van der Waals surface area (Å²) in [6.45, 7) is 24.4. The molecule has 0 aromatic heterocycles. The molecular weight excluding hydrogens is 654 g/mol. The van der Waals surface area contributed by atoms with Crippen LogP contribution in [0.15, 0.2) is 24.4 Å². The number of hydrogen-bond acceptors (Lipinski definition) is 7. The number of aliphatic carboxylic acids is 2. The average Bonchev–Trinajstić information content (AvgIpc) is 2.92. The topological polar surface area (TPSA) is 166 Å². The maximum atomic E-state index is 13.0. The van der Waals surface area contributed by atoms with Crippen LogP contribution in [0, 0.1) is 11.8 Å². The Labute approximate surface area is 300 Å². The fourth-order valence-corrected chi connectivity index (χ4v) is 15.2. The van der Waals surface area contributed by atoms with Gasteiger partial charge in [-0.3, -0.25) is 19.2 Å². The normalized spacial score (nSPS) is 15.5. The molecular formula is C34H68B2N4O7Si2. The van der Waals surface area contributed by atoms with Crippen LogP contribution in [-0.4, -0.2) is 90.5 Å². The van der Waals surface area contributed by atoms with Crippen molar-refractivity contribution in [2.45, 2.75) is 154 Å². The Morgan fingerprint density at radius 3 is 1.14 bits per heavy atom. The second-order valence-corrected chi connectivity index (χ2v) is 24.5. The van der Waals surface area contributed by atoms with Gasteiger partial charge >= 0.3 is 11.9 Å². The highest BCUT2D eigenvalue weighted by Crippen LogP contribution is 2.28. The van der Waals surface area contributed by atoms with Crippen LogP contribution in [0.4, 0.5) is 0 Å². The summed E-state index contributed by atoms with van der Waals surface area (Å²) in [4.78, 5) is 49.3. The molecule has 0 radical (unpaired) electrons. The van der Waals surface area contributed by atoms with E-state index in [1.54, 1.807) is 0 Å². The highest BCUT2D eigenvalue weighted by atomic mass is 28.4. The van der Waals surface area contributed by atoms with Crippen LogP contribution in [0.1, 0.15) is 91.9 Å². The van der Waals surface area contributed by atoms with Crippen LogP contribution in [0.3, 0.4) is 0 Å². The number of rotatable bonds is 28. The Kier molecular flexibility index (Phi) is 21.9. The molecule has 0 spiro atoms. The van der Waals surface area contributed by atoms with Crippen molar-refractivity contribution >= 4 is 56.1 Å². The van der Waals surface area contributed by atoms with Gasteiger partial charge in [-0.2, -0.15) is 0 Å². The van der Waals surface area contributed by atoms with E-state index >= 15 is 0 Å². The molecule has 49 heavy (non-hydrogen) atoms. The third kappa shape index (κ3) is 24.3. The van der Waals surface area contributed by atoms with E-state index in [2.05, 4.69) is 74.5 Å². The zero-order valence-electron chi connectivity index (χ0n) is 32.3. The average molecular weight is 723 g/mol. The summed E-state index contributed by atoms with van der Waals surface area (Å²) >= 11 is 0. The smallest absolute Gasteiger partial charge is 0.304 e. The molecule has 0 rings (SSSR count). The number of carbonyl (C=O) groups is 4. The molecule has 280 valence electrons. The van der Waals surface area contributed by atoms with Crippen molar-refractivity contribution in [1.29, 1.82) is 0 Å². The zero-order valence-corrected chi connectivity index (χ0v) is 34.3. The lowest BCUT2D eigenvalue weighted by molar-refractivity contribution is -0.141. The van der Waals surface area contributed by atoms with Gasteiger partial charge in [0, 0.05) is 36.0 Å². The molecule has 0 bridgehead atoms. The fraction of sp³-hybridized carbons (Fsp3) is 0.765. The van der Waals surface area contributed by atoms with Crippen molar-refractivity contribution in [3.05, 3.63) is 24.4 Å². The summed E-state index contributed by atoms with van der Waals surface area (Å²) in [5.74, 6) is -3.59. The molecule has 0 aromatic carbocycles. The fourth-order valence-electron chi connectivity index (χ4n) is 6.32. The Morgan fingerprint density at radius 2 is 0.878 bits per heavy atom.